The molecule has 0 saturated heterocycles. The van der Waals surface area contributed by atoms with Crippen LogP contribution in [0.3, 0.4) is 0 Å². The molecule has 0 unspecified atom stereocenters. The molecule has 124 valence electrons. The molecule has 1 heterocycles. The van der Waals surface area contributed by atoms with Gasteiger partial charge in [-0.25, -0.2) is 0 Å². The van der Waals surface area contributed by atoms with E-state index in [9.17, 15) is 14.4 Å². The van der Waals surface area contributed by atoms with Gasteiger partial charge in [-0.3, -0.25) is 19.4 Å². The van der Waals surface area contributed by atoms with Crippen LogP contribution in [0.15, 0.2) is 42.6 Å². The molecule has 24 heavy (non-hydrogen) atoms. The first-order chi connectivity index (χ1) is 11.4. The summed E-state index contributed by atoms with van der Waals surface area (Å²) in [6.45, 7) is 1.43. The van der Waals surface area contributed by atoms with Gasteiger partial charge in [-0.05, 0) is 42.8 Å². The van der Waals surface area contributed by atoms with Gasteiger partial charge in [-0.1, -0.05) is 6.07 Å². The molecule has 7 heteroatoms. The molecule has 2 rings (SSSR count). The molecule has 2 amide bonds. The summed E-state index contributed by atoms with van der Waals surface area (Å²) < 4.78 is 0. The van der Waals surface area contributed by atoms with Gasteiger partial charge >= 0.3 is 5.97 Å². The SMILES string of the molecule is Cc1ccc(CC(=O)Nc2ccc(C(=O)NCC(=O)O)cc2)cn1. The molecule has 3 N–H and O–H groups in total. The van der Waals surface area contributed by atoms with Crippen LogP contribution < -0.4 is 10.6 Å². The number of carboxylic acids is 1. The minimum Gasteiger partial charge on any atom is -0.480 e. The molecule has 2 aromatic rings. The standard InChI is InChI=1S/C17H17N3O4/c1-11-2-3-12(9-18-11)8-15(21)20-14-6-4-13(5-7-14)17(24)19-10-16(22)23/h2-7,9H,8,10H2,1H3,(H,19,24)(H,20,21)(H,22,23). The first-order valence-electron chi connectivity index (χ1n) is 7.25. The van der Waals surface area contributed by atoms with Crippen molar-refractivity contribution in [2.45, 2.75) is 13.3 Å². The Bertz CT molecular complexity index is 739. The van der Waals surface area contributed by atoms with E-state index in [1.165, 1.54) is 12.1 Å². The van der Waals surface area contributed by atoms with E-state index in [4.69, 9.17) is 5.11 Å². The number of rotatable bonds is 6. The number of nitrogens with one attached hydrogen (secondary N) is 2. The van der Waals surface area contributed by atoms with Gasteiger partial charge in [-0.2, -0.15) is 0 Å². The molecular weight excluding hydrogens is 310 g/mol. The number of carbonyl (C=O) groups excluding carboxylic acids is 2. The number of pyridine rings is 1. The highest BCUT2D eigenvalue weighted by atomic mass is 16.4. The second-order valence-electron chi connectivity index (χ2n) is 5.19. The molecule has 0 fully saturated rings. The average Bonchev–Trinajstić information content (AvgIpc) is 2.55. The quantitative estimate of drug-likeness (QED) is 0.743. The number of anilines is 1. The van der Waals surface area contributed by atoms with E-state index in [1.807, 2.05) is 19.1 Å². The molecule has 0 saturated carbocycles. The van der Waals surface area contributed by atoms with Gasteiger partial charge < -0.3 is 15.7 Å². The lowest BCUT2D eigenvalue weighted by atomic mass is 10.1. The van der Waals surface area contributed by atoms with Crippen molar-refractivity contribution in [1.82, 2.24) is 10.3 Å². The van der Waals surface area contributed by atoms with Gasteiger partial charge in [0.2, 0.25) is 5.91 Å². The Balaban J connectivity index is 1.91. The van der Waals surface area contributed by atoms with Crippen molar-refractivity contribution < 1.29 is 19.5 Å². The van der Waals surface area contributed by atoms with Crippen LogP contribution in [0.2, 0.25) is 0 Å². The minimum atomic E-state index is -1.11. The van der Waals surface area contributed by atoms with Crippen molar-refractivity contribution in [3.63, 3.8) is 0 Å². The second-order valence-corrected chi connectivity index (χ2v) is 5.19. The summed E-state index contributed by atoms with van der Waals surface area (Å²) in [5.41, 5.74) is 2.56. The maximum absolute atomic E-state index is 12.0. The topological polar surface area (TPSA) is 108 Å². The molecular formula is C17H17N3O4. The number of hydrogen-bond donors (Lipinski definition) is 3. The highest BCUT2D eigenvalue weighted by Crippen LogP contribution is 2.10. The van der Waals surface area contributed by atoms with Crippen LogP contribution in [0.4, 0.5) is 5.69 Å². The first-order valence-corrected chi connectivity index (χ1v) is 7.25. The zero-order valence-corrected chi connectivity index (χ0v) is 13.1. The van der Waals surface area contributed by atoms with Gasteiger partial charge in [0, 0.05) is 23.1 Å². The van der Waals surface area contributed by atoms with E-state index in [2.05, 4.69) is 15.6 Å². The number of amides is 2. The zero-order chi connectivity index (χ0) is 17.5. The van der Waals surface area contributed by atoms with Crippen LogP contribution in [0.5, 0.6) is 0 Å². The van der Waals surface area contributed by atoms with Crippen molar-refractivity contribution in [2.75, 3.05) is 11.9 Å². The van der Waals surface area contributed by atoms with Gasteiger partial charge in [0.05, 0.1) is 6.42 Å². The molecule has 1 aromatic heterocycles. The Kier molecular flexibility index (Phi) is 5.62. The minimum absolute atomic E-state index is 0.191. The van der Waals surface area contributed by atoms with Crippen LogP contribution in [0.1, 0.15) is 21.6 Å². The number of aromatic nitrogens is 1. The van der Waals surface area contributed by atoms with Crippen LogP contribution in [-0.2, 0) is 16.0 Å². The fourth-order valence-corrected chi connectivity index (χ4v) is 1.96. The average molecular weight is 327 g/mol. The third kappa shape index (κ3) is 5.20. The predicted octanol–water partition coefficient (Wildman–Crippen LogP) is 1.39. The van der Waals surface area contributed by atoms with Gasteiger partial charge in [-0.15, -0.1) is 0 Å². The second kappa shape index (κ2) is 7.87. The van der Waals surface area contributed by atoms with Crippen molar-refractivity contribution in [3.05, 3.63) is 59.4 Å². The smallest absolute Gasteiger partial charge is 0.322 e. The monoisotopic (exact) mass is 327 g/mol. The third-order valence-electron chi connectivity index (χ3n) is 3.17. The molecule has 0 radical (unpaired) electrons. The highest BCUT2D eigenvalue weighted by molar-refractivity contribution is 5.97. The molecule has 0 atom stereocenters. The number of carboxylic acid groups (broad SMARTS) is 1. The molecule has 0 aliphatic rings. The van der Waals surface area contributed by atoms with Crippen LogP contribution in [0, 0.1) is 6.92 Å². The lowest BCUT2D eigenvalue weighted by molar-refractivity contribution is -0.135. The Morgan fingerprint density at radius 3 is 2.38 bits per heavy atom. The van der Waals surface area contributed by atoms with Gasteiger partial charge in [0.1, 0.15) is 6.54 Å². The number of aryl methyl sites for hydroxylation is 1. The maximum atomic E-state index is 12.0. The summed E-state index contributed by atoms with van der Waals surface area (Å²) >= 11 is 0. The van der Waals surface area contributed by atoms with Crippen molar-refractivity contribution in [1.29, 1.82) is 0 Å². The molecule has 0 aliphatic heterocycles. The van der Waals surface area contributed by atoms with Gasteiger partial charge in [0.25, 0.3) is 5.91 Å². The van der Waals surface area contributed by atoms with E-state index >= 15 is 0 Å². The molecule has 0 spiro atoms. The van der Waals surface area contributed by atoms with Crippen LogP contribution in [0.25, 0.3) is 0 Å². The van der Waals surface area contributed by atoms with Crippen molar-refractivity contribution >= 4 is 23.5 Å². The Hall–Kier alpha value is -3.22. The van der Waals surface area contributed by atoms with E-state index in [1.54, 1.807) is 18.3 Å². The van der Waals surface area contributed by atoms with Gasteiger partial charge in [0.15, 0.2) is 0 Å². The summed E-state index contributed by atoms with van der Waals surface area (Å²) in [6, 6.07) is 9.88. The number of hydrogen-bond acceptors (Lipinski definition) is 4. The normalized spacial score (nSPS) is 10.0. The third-order valence-corrected chi connectivity index (χ3v) is 3.17. The summed E-state index contributed by atoms with van der Waals surface area (Å²) in [5.74, 6) is -1.79. The van der Waals surface area contributed by atoms with Crippen LogP contribution >= 0.6 is 0 Å². The summed E-state index contributed by atoms with van der Waals surface area (Å²) in [5, 5.41) is 13.5. The first kappa shape index (κ1) is 17.1. The summed E-state index contributed by atoms with van der Waals surface area (Å²) in [4.78, 5) is 38.2. The van der Waals surface area contributed by atoms with E-state index in [-0.39, 0.29) is 12.3 Å². The van der Waals surface area contributed by atoms with Crippen LogP contribution in [-0.4, -0.2) is 34.4 Å². The number of aliphatic carboxylic acids is 1. The fraction of sp³-hybridized carbons (Fsp3) is 0.176. The maximum Gasteiger partial charge on any atom is 0.322 e. The molecule has 1 aromatic carbocycles. The summed E-state index contributed by atoms with van der Waals surface area (Å²) in [6.07, 6.45) is 1.86. The Labute approximate surface area is 138 Å². The number of benzene rings is 1. The van der Waals surface area contributed by atoms with E-state index in [0.29, 0.717) is 11.3 Å². The Morgan fingerprint density at radius 1 is 1.08 bits per heavy atom. The summed E-state index contributed by atoms with van der Waals surface area (Å²) in [7, 11) is 0. The van der Waals surface area contributed by atoms with E-state index in [0.717, 1.165) is 11.3 Å². The lowest BCUT2D eigenvalue weighted by Crippen LogP contribution is -2.29. The lowest BCUT2D eigenvalue weighted by Gasteiger charge is -2.07. The molecule has 0 bridgehead atoms. The zero-order valence-electron chi connectivity index (χ0n) is 13.1. The molecule has 7 nitrogen and oxygen atoms in total. The Morgan fingerprint density at radius 2 is 1.79 bits per heavy atom. The van der Waals surface area contributed by atoms with Crippen molar-refractivity contribution in [2.24, 2.45) is 0 Å². The number of carbonyl (C=O) groups is 3. The predicted molar refractivity (Wildman–Crippen MR) is 87.7 cm³/mol. The molecule has 0 aliphatic carbocycles. The number of nitrogens with zero attached hydrogens (tertiary/aromatic N) is 1. The van der Waals surface area contributed by atoms with Crippen molar-refractivity contribution in [3.8, 4) is 0 Å². The highest BCUT2D eigenvalue weighted by Gasteiger charge is 2.08. The van der Waals surface area contributed by atoms with E-state index < -0.39 is 18.4 Å². The fourth-order valence-electron chi connectivity index (χ4n) is 1.96. The largest absolute Gasteiger partial charge is 0.480 e.